The van der Waals surface area contributed by atoms with Crippen LogP contribution in [0.2, 0.25) is 0 Å². The van der Waals surface area contributed by atoms with Crippen molar-refractivity contribution in [3.05, 3.63) is 62.3 Å². The number of nitriles is 1. The van der Waals surface area contributed by atoms with Crippen molar-refractivity contribution in [2.75, 3.05) is 31.1 Å². The Hall–Kier alpha value is -3.51. The van der Waals surface area contributed by atoms with Gasteiger partial charge in [-0.2, -0.15) is 5.26 Å². The van der Waals surface area contributed by atoms with Crippen LogP contribution in [0.5, 0.6) is 0 Å². The fourth-order valence-electron chi connectivity index (χ4n) is 3.47. The summed E-state index contributed by atoms with van der Waals surface area (Å²) in [5.74, 6) is 0.687. The van der Waals surface area contributed by atoms with Crippen LogP contribution >= 0.6 is 11.3 Å². The smallest absolute Gasteiger partial charge is 0.270 e. The number of benzene rings is 1. The molecule has 3 heterocycles. The van der Waals surface area contributed by atoms with Crippen LogP contribution in [0.4, 0.5) is 11.5 Å². The number of aromatic nitrogens is 1. The predicted octanol–water partition coefficient (Wildman–Crippen LogP) is 3.43. The van der Waals surface area contributed by atoms with Gasteiger partial charge >= 0.3 is 0 Å². The van der Waals surface area contributed by atoms with Gasteiger partial charge < -0.3 is 9.80 Å². The first-order valence-corrected chi connectivity index (χ1v) is 10.0. The van der Waals surface area contributed by atoms with Gasteiger partial charge in [-0.05, 0) is 30.0 Å². The molecule has 0 aliphatic carbocycles. The molecule has 0 atom stereocenters. The van der Waals surface area contributed by atoms with Crippen LogP contribution in [-0.4, -0.2) is 46.9 Å². The zero-order valence-electron chi connectivity index (χ0n) is 15.4. The van der Waals surface area contributed by atoms with Gasteiger partial charge in [0.25, 0.3) is 11.6 Å². The number of amides is 1. The first-order chi connectivity index (χ1) is 14.1. The van der Waals surface area contributed by atoms with Crippen LogP contribution in [0.15, 0.2) is 41.8 Å². The van der Waals surface area contributed by atoms with E-state index in [4.69, 9.17) is 0 Å². The number of carbonyl (C=O) groups is 1. The van der Waals surface area contributed by atoms with Crippen LogP contribution in [-0.2, 0) is 0 Å². The Morgan fingerprint density at radius 3 is 2.79 bits per heavy atom. The van der Waals surface area contributed by atoms with Gasteiger partial charge in [0.05, 0.1) is 26.9 Å². The lowest BCUT2D eigenvalue weighted by atomic mass is 10.1. The number of hydrogen-bond donors (Lipinski definition) is 0. The zero-order chi connectivity index (χ0) is 20.4. The molecule has 0 unspecified atom stereocenters. The summed E-state index contributed by atoms with van der Waals surface area (Å²) in [4.78, 5) is 32.4. The summed E-state index contributed by atoms with van der Waals surface area (Å²) in [6, 6.07) is 11.8. The Morgan fingerprint density at radius 2 is 2.07 bits per heavy atom. The number of non-ortho nitro benzene ring substituents is 1. The van der Waals surface area contributed by atoms with E-state index in [1.807, 2.05) is 22.4 Å². The number of nitro groups is 1. The highest BCUT2D eigenvalue weighted by molar-refractivity contribution is 7.12. The van der Waals surface area contributed by atoms with Crippen molar-refractivity contribution in [3.63, 3.8) is 0 Å². The van der Waals surface area contributed by atoms with E-state index in [9.17, 15) is 20.2 Å². The van der Waals surface area contributed by atoms with Gasteiger partial charge in [0.15, 0.2) is 0 Å². The summed E-state index contributed by atoms with van der Waals surface area (Å²) in [6.45, 7) is 2.55. The standard InChI is InChI=1S/C20H17N5O3S/c21-13-14-11-19(22-17-5-4-15(25(27)28)12-16(14)17)23-6-2-7-24(9-8-23)20(26)18-3-1-10-29-18/h1,3-5,10-12H,2,6-9H2. The largest absolute Gasteiger partial charge is 0.355 e. The summed E-state index contributed by atoms with van der Waals surface area (Å²) >= 11 is 1.44. The van der Waals surface area contributed by atoms with E-state index in [-0.39, 0.29) is 11.6 Å². The molecule has 1 amide bonds. The first-order valence-electron chi connectivity index (χ1n) is 9.14. The minimum Gasteiger partial charge on any atom is -0.355 e. The first kappa shape index (κ1) is 18.8. The Kier molecular flexibility index (Phi) is 5.10. The van der Waals surface area contributed by atoms with Crippen molar-refractivity contribution < 1.29 is 9.72 Å². The quantitative estimate of drug-likeness (QED) is 0.487. The van der Waals surface area contributed by atoms with Gasteiger partial charge in [-0.15, -0.1) is 11.3 Å². The summed E-state index contributed by atoms with van der Waals surface area (Å²) in [6.07, 6.45) is 0.791. The average Bonchev–Trinajstić information content (AvgIpc) is 3.16. The highest BCUT2D eigenvalue weighted by atomic mass is 32.1. The monoisotopic (exact) mass is 407 g/mol. The number of hydrogen-bond acceptors (Lipinski definition) is 7. The number of fused-ring (bicyclic) bond motifs is 1. The molecule has 0 spiro atoms. The van der Waals surface area contributed by atoms with E-state index in [0.29, 0.717) is 48.5 Å². The molecule has 146 valence electrons. The average molecular weight is 407 g/mol. The third kappa shape index (κ3) is 3.75. The molecule has 0 radical (unpaired) electrons. The number of thiophene rings is 1. The molecule has 4 rings (SSSR count). The fourth-order valence-corrected chi connectivity index (χ4v) is 4.16. The summed E-state index contributed by atoms with van der Waals surface area (Å²) in [5, 5.41) is 22.9. The molecule has 8 nitrogen and oxygen atoms in total. The number of nitro benzene ring substituents is 1. The third-order valence-electron chi connectivity index (χ3n) is 4.95. The summed E-state index contributed by atoms with van der Waals surface area (Å²) < 4.78 is 0. The molecule has 0 N–H and O–H groups in total. The second-order valence-corrected chi connectivity index (χ2v) is 7.66. The highest BCUT2D eigenvalue weighted by Crippen LogP contribution is 2.27. The van der Waals surface area contributed by atoms with Crippen LogP contribution < -0.4 is 4.90 Å². The fraction of sp³-hybridized carbons (Fsp3) is 0.250. The lowest BCUT2D eigenvalue weighted by molar-refractivity contribution is -0.384. The number of anilines is 1. The van der Waals surface area contributed by atoms with E-state index in [0.717, 1.165) is 11.3 Å². The summed E-state index contributed by atoms with van der Waals surface area (Å²) in [5.41, 5.74) is 0.825. The van der Waals surface area contributed by atoms with Crippen LogP contribution in [0.1, 0.15) is 21.7 Å². The van der Waals surface area contributed by atoms with Crippen molar-refractivity contribution in [3.8, 4) is 6.07 Å². The number of pyridine rings is 1. The van der Waals surface area contributed by atoms with E-state index >= 15 is 0 Å². The lowest BCUT2D eigenvalue weighted by Gasteiger charge is -2.23. The maximum absolute atomic E-state index is 12.6. The van der Waals surface area contributed by atoms with E-state index in [2.05, 4.69) is 16.0 Å². The molecule has 29 heavy (non-hydrogen) atoms. The van der Waals surface area contributed by atoms with Crippen molar-refractivity contribution in [1.29, 1.82) is 5.26 Å². The molecule has 2 aromatic heterocycles. The minimum absolute atomic E-state index is 0.0401. The highest BCUT2D eigenvalue weighted by Gasteiger charge is 2.22. The molecule has 1 aliphatic heterocycles. The zero-order valence-corrected chi connectivity index (χ0v) is 16.3. The van der Waals surface area contributed by atoms with Gasteiger partial charge in [0, 0.05) is 43.7 Å². The number of nitrogens with zero attached hydrogens (tertiary/aromatic N) is 5. The van der Waals surface area contributed by atoms with Crippen molar-refractivity contribution in [2.24, 2.45) is 0 Å². The Labute approximate surface area is 170 Å². The molecule has 1 aromatic carbocycles. The number of carbonyl (C=O) groups excluding carboxylic acids is 1. The molecule has 1 aliphatic rings. The van der Waals surface area contributed by atoms with Gasteiger partial charge in [-0.25, -0.2) is 4.98 Å². The Morgan fingerprint density at radius 1 is 1.21 bits per heavy atom. The molecule has 1 fully saturated rings. The second-order valence-electron chi connectivity index (χ2n) is 6.71. The topological polar surface area (TPSA) is 103 Å². The van der Waals surface area contributed by atoms with Crippen molar-refractivity contribution in [1.82, 2.24) is 9.88 Å². The number of rotatable bonds is 3. The van der Waals surface area contributed by atoms with Crippen molar-refractivity contribution in [2.45, 2.75) is 6.42 Å². The van der Waals surface area contributed by atoms with E-state index in [1.165, 1.54) is 23.5 Å². The maximum Gasteiger partial charge on any atom is 0.270 e. The van der Waals surface area contributed by atoms with E-state index in [1.54, 1.807) is 12.1 Å². The molecule has 1 saturated heterocycles. The van der Waals surface area contributed by atoms with Crippen LogP contribution in [0.3, 0.4) is 0 Å². The molecule has 0 saturated carbocycles. The molecular formula is C20H17N5O3S. The predicted molar refractivity (Wildman–Crippen MR) is 110 cm³/mol. The van der Waals surface area contributed by atoms with Gasteiger partial charge in [-0.3, -0.25) is 14.9 Å². The summed E-state index contributed by atoms with van der Waals surface area (Å²) in [7, 11) is 0. The Balaban J connectivity index is 1.60. The van der Waals surface area contributed by atoms with Crippen LogP contribution in [0.25, 0.3) is 10.9 Å². The SMILES string of the molecule is N#Cc1cc(N2CCCN(C(=O)c3cccs3)CC2)nc2ccc([N+](=O)[O-])cc12. The molecular weight excluding hydrogens is 390 g/mol. The molecule has 9 heteroatoms. The van der Waals surface area contributed by atoms with Gasteiger partial charge in [0.1, 0.15) is 5.82 Å². The molecule has 0 bridgehead atoms. The second kappa shape index (κ2) is 7.85. The van der Waals surface area contributed by atoms with Gasteiger partial charge in [0.2, 0.25) is 0 Å². The Bertz CT molecular complexity index is 1120. The minimum atomic E-state index is -0.484. The van der Waals surface area contributed by atoms with Crippen LogP contribution in [0, 0.1) is 21.4 Å². The van der Waals surface area contributed by atoms with Crippen molar-refractivity contribution >= 4 is 39.7 Å². The van der Waals surface area contributed by atoms with Gasteiger partial charge in [-0.1, -0.05) is 6.07 Å². The third-order valence-corrected chi connectivity index (χ3v) is 5.81. The molecule has 3 aromatic rings. The maximum atomic E-state index is 12.6. The van der Waals surface area contributed by atoms with E-state index < -0.39 is 4.92 Å². The normalized spacial score (nSPS) is 14.4. The lowest BCUT2D eigenvalue weighted by Crippen LogP contribution is -2.35.